The zero-order chi connectivity index (χ0) is 24.3. The van der Waals surface area contributed by atoms with E-state index in [2.05, 4.69) is 65.8 Å². The summed E-state index contributed by atoms with van der Waals surface area (Å²) in [5.74, 6) is 2.14. The fourth-order valence-electron chi connectivity index (χ4n) is 4.51. The molecule has 4 rings (SSSR count). The highest BCUT2D eigenvalue weighted by atomic mass is 16.6. The van der Waals surface area contributed by atoms with E-state index in [1.165, 1.54) is 33.4 Å². The second-order valence-corrected chi connectivity index (χ2v) is 10.5. The van der Waals surface area contributed by atoms with Gasteiger partial charge in [-0.3, -0.25) is 0 Å². The quantitative estimate of drug-likeness (QED) is 0.337. The number of aryl methyl sites for hydroxylation is 6. The molecule has 0 aliphatic carbocycles. The molecule has 0 aromatic heterocycles. The van der Waals surface area contributed by atoms with Gasteiger partial charge in [0.05, 0.1) is 13.2 Å². The van der Waals surface area contributed by atoms with Gasteiger partial charge in [0, 0.05) is 0 Å². The fourth-order valence-corrected chi connectivity index (χ4v) is 4.51. The summed E-state index contributed by atoms with van der Waals surface area (Å²) in [5.41, 5.74) is 7.83. The van der Waals surface area contributed by atoms with Crippen molar-refractivity contribution in [3.63, 3.8) is 0 Å². The molecule has 2 aliphatic heterocycles. The number of epoxide rings is 2. The van der Waals surface area contributed by atoms with Gasteiger partial charge in [-0.2, -0.15) is 0 Å². The van der Waals surface area contributed by atoms with Crippen LogP contribution in [0, 0.1) is 0 Å². The molecule has 0 radical (unpaired) electrons. The molecular formula is C30H42O4. The second-order valence-electron chi connectivity index (χ2n) is 10.5. The van der Waals surface area contributed by atoms with E-state index < -0.39 is 0 Å². The minimum atomic E-state index is -0.0953. The van der Waals surface area contributed by atoms with Crippen LogP contribution in [0.3, 0.4) is 0 Å². The van der Waals surface area contributed by atoms with Crippen molar-refractivity contribution in [3.05, 3.63) is 57.6 Å². The standard InChI is InChI=1S/C30H42O4/c1-7-23-13-21(14-24(8-2)27(23)31-17-29(5)19-33-29)11-12-22-15-25(9-3)28(26(10-4)16-22)32-18-30(6)20-34-30/h13-16H,7-12,17-20H2,1-6H3. The van der Waals surface area contributed by atoms with Crippen molar-refractivity contribution in [2.75, 3.05) is 26.4 Å². The lowest BCUT2D eigenvalue weighted by Gasteiger charge is -2.19. The van der Waals surface area contributed by atoms with E-state index in [4.69, 9.17) is 18.9 Å². The summed E-state index contributed by atoms with van der Waals surface area (Å²) in [6.07, 6.45) is 5.95. The zero-order valence-electron chi connectivity index (χ0n) is 22.0. The van der Waals surface area contributed by atoms with Gasteiger partial charge in [0.1, 0.15) is 35.9 Å². The summed E-state index contributed by atoms with van der Waals surface area (Å²) < 4.78 is 23.6. The van der Waals surface area contributed by atoms with Crippen LogP contribution >= 0.6 is 0 Å². The Morgan fingerprint density at radius 1 is 0.618 bits per heavy atom. The smallest absolute Gasteiger partial charge is 0.125 e. The maximum absolute atomic E-state index is 6.27. The Kier molecular flexibility index (Phi) is 7.59. The van der Waals surface area contributed by atoms with E-state index in [1.54, 1.807) is 0 Å². The lowest BCUT2D eigenvalue weighted by atomic mass is 9.94. The average molecular weight is 467 g/mol. The van der Waals surface area contributed by atoms with Gasteiger partial charge in [0.2, 0.25) is 0 Å². The first-order valence-corrected chi connectivity index (χ1v) is 13.1. The number of hydrogen-bond acceptors (Lipinski definition) is 4. The molecule has 0 saturated carbocycles. The first-order valence-electron chi connectivity index (χ1n) is 13.1. The van der Waals surface area contributed by atoms with E-state index in [1.807, 2.05) is 0 Å². The van der Waals surface area contributed by atoms with Crippen LogP contribution < -0.4 is 9.47 Å². The van der Waals surface area contributed by atoms with Gasteiger partial charge in [-0.15, -0.1) is 0 Å². The molecule has 34 heavy (non-hydrogen) atoms. The highest BCUT2D eigenvalue weighted by Crippen LogP contribution is 2.34. The lowest BCUT2D eigenvalue weighted by Crippen LogP contribution is -2.18. The zero-order valence-corrected chi connectivity index (χ0v) is 22.0. The number of rotatable bonds is 13. The predicted molar refractivity (Wildman–Crippen MR) is 138 cm³/mol. The lowest BCUT2D eigenvalue weighted by molar-refractivity contribution is 0.200. The van der Waals surface area contributed by atoms with E-state index in [-0.39, 0.29) is 11.2 Å². The Balaban J connectivity index is 1.49. The molecule has 0 spiro atoms. The Morgan fingerprint density at radius 3 is 1.15 bits per heavy atom. The molecule has 2 aliphatic rings. The van der Waals surface area contributed by atoms with Crippen LogP contribution in [0.15, 0.2) is 24.3 Å². The summed E-state index contributed by atoms with van der Waals surface area (Å²) >= 11 is 0. The summed E-state index contributed by atoms with van der Waals surface area (Å²) in [7, 11) is 0. The van der Waals surface area contributed by atoms with Gasteiger partial charge in [-0.1, -0.05) is 52.0 Å². The molecule has 4 nitrogen and oxygen atoms in total. The van der Waals surface area contributed by atoms with Crippen LogP contribution in [0.1, 0.15) is 74.9 Å². The molecule has 2 atom stereocenters. The highest BCUT2D eigenvalue weighted by Gasteiger charge is 2.41. The summed E-state index contributed by atoms with van der Waals surface area (Å²) in [5, 5.41) is 0. The van der Waals surface area contributed by atoms with Crippen molar-refractivity contribution < 1.29 is 18.9 Å². The Labute approximate surface area is 205 Å². The molecule has 2 aromatic rings. The predicted octanol–water partition coefficient (Wildman–Crippen LogP) is 6.06. The first kappa shape index (κ1) is 25.1. The third-order valence-electron chi connectivity index (χ3n) is 7.15. The van der Waals surface area contributed by atoms with Crippen LogP contribution in [0.25, 0.3) is 0 Å². The van der Waals surface area contributed by atoms with Crippen LogP contribution in [0.2, 0.25) is 0 Å². The van der Waals surface area contributed by atoms with E-state index in [0.29, 0.717) is 13.2 Å². The summed E-state index contributed by atoms with van der Waals surface area (Å²) in [4.78, 5) is 0. The topological polar surface area (TPSA) is 43.5 Å². The number of hydrogen-bond donors (Lipinski definition) is 0. The van der Waals surface area contributed by atoms with E-state index in [0.717, 1.165) is 63.2 Å². The monoisotopic (exact) mass is 466 g/mol. The Hall–Kier alpha value is -2.04. The second kappa shape index (κ2) is 10.3. The largest absolute Gasteiger partial charge is 0.490 e. The molecule has 186 valence electrons. The van der Waals surface area contributed by atoms with Crippen molar-refractivity contribution >= 4 is 0 Å². The van der Waals surface area contributed by atoms with Crippen molar-refractivity contribution in [2.24, 2.45) is 0 Å². The third-order valence-corrected chi connectivity index (χ3v) is 7.15. The molecule has 0 bridgehead atoms. The molecule has 4 heteroatoms. The maximum atomic E-state index is 6.27. The SMILES string of the molecule is CCc1cc(CCc2cc(CC)c(OCC3(C)CO3)c(CC)c2)cc(CC)c1OCC1(C)CO1. The summed E-state index contributed by atoms with van der Waals surface area (Å²) in [6, 6.07) is 9.39. The minimum Gasteiger partial charge on any atom is -0.490 e. The highest BCUT2D eigenvalue weighted by molar-refractivity contribution is 5.47. The van der Waals surface area contributed by atoms with Crippen LogP contribution in [-0.4, -0.2) is 37.6 Å². The number of ether oxygens (including phenoxy) is 4. The van der Waals surface area contributed by atoms with Crippen molar-refractivity contribution in [1.82, 2.24) is 0 Å². The van der Waals surface area contributed by atoms with Crippen molar-refractivity contribution in [1.29, 1.82) is 0 Å². The molecule has 0 N–H and O–H groups in total. The van der Waals surface area contributed by atoms with Gasteiger partial charge < -0.3 is 18.9 Å². The van der Waals surface area contributed by atoms with Crippen LogP contribution in [0.4, 0.5) is 0 Å². The maximum Gasteiger partial charge on any atom is 0.125 e. The van der Waals surface area contributed by atoms with Gasteiger partial charge >= 0.3 is 0 Å². The Bertz CT molecular complexity index is 869. The Morgan fingerprint density at radius 2 is 0.912 bits per heavy atom. The average Bonchev–Trinajstić information content (AvgIpc) is 3.78. The molecule has 0 amide bonds. The summed E-state index contributed by atoms with van der Waals surface area (Å²) in [6.45, 7) is 15.9. The van der Waals surface area contributed by atoms with Crippen LogP contribution in [0.5, 0.6) is 11.5 Å². The van der Waals surface area contributed by atoms with E-state index in [9.17, 15) is 0 Å². The van der Waals surface area contributed by atoms with E-state index >= 15 is 0 Å². The minimum absolute atomic E-state index is 0.0953. The fraction of sp³-hybridized carbons (Fsp3) is 0.600. The van der Waals surface area contributed by atoms with Crippen molar-refractivity contribution in [2.45, 2.75) is 91.3 Å². The van der Waals surface area contributed by atoms with Gasteiger partial charge in [0.25, 0.3) is 0 Å². The van der Waals surface area contributed by atoms with Gasteiger partial charge in [-0.05, 0) is 85.8 Å². The van der Waals surface area contributed by atoms with Crippen molar-refractivity contribution in [3.8, 4) is 11.5 Å². The molecule has 2 unspecified atom stereocenters. The van der Waals surface area contributed by atoms with Gasteiger partial charge in [0.15, 0.2) is 0 Å². The van der Waals surface area contributed by atoms with Gasteiger partial charge in [-0.25, -0.2) is 0 Å². The molecule has 2 heterocycles. The molecule has 2 fully saturated rings. The third kappa shape index (κ3) is 5.95. The molecule has 2 aromatic carbocycles. The van der Waals surface area contributed by atoms with Crippen LogP contribution in [-0.2, 0) is 48.0 Å². The normalized spacial score (nSPS) is 23.1. The molecule has 2 saturated heterocycles. The first-order chi connectivity index (χ1) is 16.3. The molecular weight excluding hydrogens is 424 g/mol. The number of benzene rings is 2.